The standard InChI is InChI=1S/C12H23N3S/c1-8(2)15-10(13-14-11(15)16)7-9(3)12(4,5)6/h8-9H,7H2,1-6H3,(H,14,16). The molecule has 0 amide bonds. The summed E-state index contributed by atoms with van der Waals surface area (Å²) in [4.78, 5) is 0. The minimum Gasteiger partial charge on any atom is -0.302 e. The highest BCUT2D eigenvalue weighted by atomic mass is 32.1. The molecule has 1 unspecified atom stereocenters. The summed E-state index contributed by atoms with van der Waals surface area (Å²) in [6, 6.07) is 0.369. The summed E-state index contributed by atoms with van der Waals surface area (Å²) < 4.78 is 2.84. The summed E-state index contributed by atoms with van der Waals surface area (Å²) in [5, 5.41) is 7.23. The molecule has 0 bridgehead atoms. The highest BCUT2D eigenvalue weighted by Gasteiger charge is 2.22. The Kier molecular flexibility index (Phi) is 3.94. The lowest BCUT2D eigenvalue weighted by Gasteiger charge is -2.27. The molecule has 1 rings (SSSR count). The first kappa shape index (κ1) is 13.4. The van der Waals surface area contributed by atoms with Gasteiger partial charge in [-0.25, -0.2) is 0 Å². The molecular weight excluding hydrogens is 218 g/mol. The Morgan fingerprint density at radius 2 is 1.88 bits per heavy atom. The Balaban J connectivity index is 2.95. The maximum Gasteiger partial charge on any atom is 0.195 e. The van der Waals surface area contributed by atoms with Crippen LogP contribution in [0, 0.1) is 16.1 Å². The number of H-pyrrole nitrogens is 1. The van der Waals surface area contributed by atoms with Crippen molar-refractivity contribution in [3.8, 4) is 0 Å². The molecule has 92 valence electrons. The molecule has 0 spiro atoms. The van der Waals surface area contributed by atoms with Crippen molar-refractivity contribution in [2.75, 3.05) is 0 Å². The predicted molar refractivity (Wildman–Crippen MR) is 70.1 cm³/mol. The van der Waals surface area contributed by atoms with E-state index in [-0.39, 0.29) is 0 Å². The molecule has 4 heteroatoms. The van der Waals surface area contributed by atoms with E-state index in [1.165, 1.54) is 0 Å². The van der Waals surface area contributed by atoms with Gasteiger partial charge in [0.1, 0.15) is 5.82 Å². The zero-order valence-corrected chi connectivity index (χ0v) is 12.0. The Bertz CT molecular complexity index is 395. The quantitative estimate of drug-likeness (QED) is 0.818. The summed E-state index contributed by atoms with van der Waals surface area (Å²) in [6.45, 7) is 13.3. The lowest BCUT2D eigenvalue weighted by Crippen LogP contribution is -2.21. The molecule has 1 aromatic rings. The molecular formula is C12H23N3S. The SMILES string of the molecule is CC(C)n1c(CC(C)C(C)(C)C)n[nH]c1=S. The molecule has 1 aromatic heterocycles. The fraction of sp³-hybridized carbons (Fsp3) is 0.833. The fourth-order valence-electron chi connectivity index (χ4n) is 1.59. The van der Waals surface area contributed by atoms with E-state index in [0.717, 1.165) is 17.0 Å². The second kappa shape index (κ2) is 4.70. The minimum absolute atomic E-state index is 0.301. The molecule has 1 atom stereocenters. The molecule has 0 fully saturated rings. The molecule has 3 nitrogen and oxygen atoms in total. The average Bonchev–Trinajstić information content (AvgIpc) is 2.45. The average molecular weight is 241 g/mol. The van der Waals surface area contributed by atoms with Crippen molar-refractivity contribution < 1.29 is 0 Å². The maximum atomic E-state index is 5.24. The van der Waals surface area contributed by atoms with Crippen LogP contribution in [0.4, 0.5) is 0 Å². The van der Waals surface area contributed by atoms with Gasteiger partial charge >= 0.3 is 0 Å². The van der Waals surface area contributed by atoms with E-state index in [1.54, 1.807) is 0 Å². The normalized spacial score (nSPS) is 14.4. The van der Waals surface area contributed by atoms with E-state index in [1.807, 2.05) is 0 Å². The Hall–Kier alpha value is -0.640. The van der Waals surface area contributed by atoms with E-state index in [2.05, 4.69) is 56.3 Å². The number of hydrogen-bond donors (Lipinski definition) is 1. The van der Waals surface area contributed by atoms with Gasteiger partial charge < -0.3 is 4.57 Å². The van der Waals surface area contributed by atoms with Gasteiger partial charge in [0, 0.05) is 12.5 Å². The smallest absolute Gasteiger partial charge is 0.195 e. The van der Waals surface area contributed by atoms with Crippen molar-refractivity contribution in [1.29, 1.82) is 0 Å². The van der Waals surface area contributed by atoms with E-state index in [9.17, 15) is 0 Å². The third-order valence-corrected chi connectivity index (χ3v) is 3.55. The largest absolute Gasteiger partial charge is 0.302 e. The monoisotopic (exact) mass is 241 g/mol. The number of hydrogen-bond acceptors (Lipinski definition) is 2. The zero-order valence-electron chi connectivity index (χ0n) is 11.2. The first-order chi connectivity index (χ1) is 7.23. The summed E-state index contributed by atoms with van der Waals surface area (Å²) in [7, 11) is 0. The molecule has 1 heterocycles. The van der Waals surface area contributed by atoms with Crippen molar-refractivity contribution in [2.24, 2.45) is 11.3 Å². The van der Waals surface area contributed by atoms with Gasteiger partial charge in [0.05, 0.1) is 0 Å². The maximum absolute atomic E-state index is 5.24. The molecule has 0 aromatic carbocycles. The van der Waals surface area contributed by atoms with Crippen LogP contribution in [0.3, 0.4) is 0 Å². The van der Waals surface area contributed by atoms with E-state index in [0.29, 0.717) is 17.4 Å². The molecule has 1 N–H and O–H groups in total. The Labute approximate surface area is 103 Å². The molecule has 0 aliphatic rings. The van der Waals surface area contributed by atoms with Crippen LogP contribution in [0.25, 0.3) is 0 Å². The van der Waals surface area contributed by atoms with Crippen molar-refractivity contribution in [3.63, 3.8) is 0 Å². The van der Waals surface area contributed by atoms with Crippen LogP contribution in [-0.4, -0.2) is 14.8 Å². The van der Waals surface area contributed by atoms with Crippen LogP contribution in [0.15, 0.2) is 0 Å². The first-order valence-electron chi connectivity index (χ1n) is 5.89. The predicted octanol–water partition coefficient (Wildman–Crippen LogP) is 3.75. The molecule has 0 aliphatic carbocycles. The van der Waals surface area contributed by atoms with Crippen LogP contribution < -0.4 is 0 Å². The van der Waals surface area contributed by atoms with Crippen molar-refractivity contribution in [3.05, 3.63) is 10.6 Å². The number of rotatable bonds is 3. The molecule has 0 radical (unpaired) electrons. The van der Waals surface area contributed by atoms with Gasteiger partial charge in [-0.1, -0.05) is 27.7 Å². The number of aromatic amines is 1. The van der Waals surface area contributed by atoms with Crippen LogP contribution in [0.2, 0.25) is 0 Å². The van der Waals surface area contributed by atoms with Gasteiger partial charge in [-0.3, -0.25) is 5.10 Å². The molecule has 0 saturated carbocycles. The summed E-state index contributed by atoms with van der Waals surface area (Å²) >= 11 is 5.24. The van der Waals surface area contributed by atoms with Crippen LogP contribution in [-0.2, 0) is 6.42 Å². The molecule has 16 heavy (non-hydrogen) atoms. The van der Waals surface area contributed by atoms with Gasteiger partial charge in [-0.05, 0) is 37.4 Å². The summed E-state index contributed by atoms with van der Waals surface area (Å²) in [6.07, 6.45) is 0.967. The second-order valence-electron chi connectivity index (χ2n) is 5.88. The highest BCUT2D eigenvalue weighted by Crippen LogP contribution is 2.28. The summed E-state index contributed by atoms with van der Waals surface area (Å²) in [5.74, 6) is 1.65. The van der Waals surface area contributed by atoms with Crippen molar-refractivity contribution >= 4 is 12.2 Å². The number of nitrogens with one attached hydrogen (secondary N) is 1. The van der Waals surface area contributed by atoms with E-state index >= 15 is 0 Å². The lowest BCUT2D eigenvalue weighted by molar-refractivity contribution is 0.253. The third kappa shape index (κ3) is 2.94. The van der Waals surface area contributed by atoms with Crippen molar-refractivity contribution in [2.45, 2.75) is 54.0 Å². The molecule has 0 saturated heterocycles. The van der Waals surface area contributed by atoms with Gasteiger partial charge in [-0.2, -0.15) is 5.10 Å². The summed E-state index contributed by atoms with van der Waals surface area (Å²) in [5.41, 5.74) is 0.301. The second-order valence-corrected chi connectivity index (χ2v) is 6.27. The van der Waals surface area contributed by atoms with Gasteiger partial charge in [0.15, 0.2) is 4.77 Å². The minimum atomic E-state index is 0.301. The van der Waals surface area contributed by atoms with Gasteiger partial charge in [-0.15, -0.1) is 0 Å². The topological polar surface area (TPSA) is 33.6 Å². The fourth-order valence-corrected chi connectivity index (χ4v) is 1.96. The van der Waals surface area contributed by atoms with Gasteiger partial charge in [0.2, 0.25) is 0 Å². The Morgan fingerprint density at radius 1 is 1.31 bits per heavy atom. The van der Waals surface area contributed by atoms with Gasteiger partial charge in [0.25, 0.3) is 0 Å². The third-order valence-electron chi connectivity index (χ3n) is 3.26. The number of aromatic nitrogens is 3. The lowest BCUT2D eigenvalue weighted by atomic mass is 9.80. The van der Waals surface area contributed by atoms with Crippen molar-refractivity contribution in [1.82, 2.24) is 14.8 Å². The van der Waals surface area contributed by atoms with Crippen LogP contribution in [0.1, 0.15) is 53.4 Å². The highest BCUT2D eigenvalue weighted by molar-refractivity contribution is 7.71. The van der Waals surface area contributed by atoms with Crippen LogP contribution >= 0.6 is 12.2 Å². The van der Waals surface area contributed by atoms with Crippen LogP contribution in [0.5, 0.6) is 0 Å². The van der Waals surface area contributed by atoms with E-state index in [4.69, 9.17) is 12.2 Å². The van der Waals surface area contributed by atoms with E-state index < -0.39 is 0 Å². The first-order valence-corrected chi connectivity index (χ1v) is 6.30. The zero-order chi connectivity index (χ0) is 12.5. The molecule has 0 aliphatic heterocycles. The Morgan fingerprint density at radius 3 is 2.31 bits per heavy atom. The number of nitrogens with zero attached hydrogens (tertiary/aromatic N) is 2.